The number of fused-ring (bicyclic) bond motifs is 6. The molecule has 10 aromatic rings. The van der Waals surface area contributed by atoms with E-state index in [1.807, 2.05) is 0 Å². The number of allylic oxidation sites excluding steroid dienone is 4. The molecule has 0 radical (unpaired) electrons. The van der Waals surface area contributed by atoms with Crippen molar-refractivity contribution < 1.29 is 0 Å². The van der Waals surface area contributed by atoms with Crippen LogP contribution in [0, 0.1) is 0 Å². The molecular weight excluding hydrogens is 831 g/mol. The van der Waals surface area contributed by atoms with Gasteiger partial charge in [-0.05, 0) is 143 Å². The molecular formula is C68H51N. The molecule has 0 bridgehead atoms. The second kappa shape index (κ2) is 16.2. The number of rotatable bonds is 8. The van der Waals surface area contributed by atoms with Gasteiger partial charge in [0.15, 0.2) is 0 Å². The average molecular weight is 882 g/mol. The number of hydrogen-bond acceptors (Lipinski definition) is 1. The largest absolute Gasteiger partial charge is 0.310 e. The minimum Gasteiger partial charge on any atom is -0.310 e. The summed E-state index contributed by atoms with van der Waals surface area (Å²) in [6, 6.07) is 88.3. The molecule has 328 valence electrons. The van der Waals surface area contributed by atoms with E-state index < -0.39 is 5.41 Å². The number of anilines is 3. The molecule has 13 rings (SSSR count). The summed E-state index contributed by atoms with van der Waals surface area (Å²) in [5.41, 5.74) is 23.6. The van der Waals surface area contributed by atoms with Crippen LogP contribution in [-0.4, -0.2) is 0 Å². The first-order chi connectivity index (χ1) is 34.0. The molecule has 0 aliphatic heterocycles. The Hall–Kier alpha value is -8.26. The maximum atomic E-state index is 2.50. The number of benzene rings is 10. The summed E-state index contributed by atoms with van der Waals surface area (Å²) in [4.78, 5) is 2.46. The lowest BCUT2D eigenvalue weighted by Gasteiger charge is -2.35. The molecule has 1 heteroatoms. The number of hydrogen-bond donors (Lipinski definition) is 0. The fourth-order valence-corrected chi connectivity index (χ4v) is 12.2. The highest BCUT2D eigenvalue weighted by atomic mass is 15.1. The molecule has 3 aliphatic carbocycles. The Morgan fingerprint density at radius 2 is 0.986 bits per heavy atom. The van der Waals surface area contributed by atoms with Gasteiger partial charge >= 0.3 is 0 Å². The van der Waals surface area contributed by atoms with E-state index >= 15 is 0 Å². The predicted octanol–water partition coefficient (Wildman–Crippen LogP) is 18.1. The highest BCUT2D eigenvalue weighted by Gasteiger charge is 2.47. The van der Waals surface area contributed by atoms with Gasteiger partial charge in [-0.1, -0.05) is 226 Å². The lowest BCUT2D eigenvalue weighted by Crippen LogP contribution is -2.29. The molecule has 0 saturated heterocycles. The molecule has 0 spiro atoms. The van der Waals surface area contributed by atoms with Crippen LogP contribution in [0.25, 0.3) is 60.9 Å². The van der Waals surface area contributed by atoms with Crippen LogP contribution in [0.4, 0.5) is 17.1 Å². The zero-order valence-electron chi connectivity index (χ0n) is 39.0. The highest BCUT2D eigenvalue weighted by molar-refractivity contribution is 5.97. The van der Waals surface area contributed by atoms with Crippen LogP contribution >= 0.6 is 0 Å². The van der Waals surface area contributed by atoms with E-state index in [0.717, 1.165) is 29.9 Å². The van der Waals surface area contributed by atoms with Crippen molar-refractivity contribution in [2.24, 2.45) is 0 Å². The van der Waals surface area contributed by atoms with Crippen LogP contribution in [0.15, 0.2) is 254 Å². The molecule has 1 unspecified atom stereocenters. The summed E-state index contributed by atoms with van der Waals surface area (Å²) < 4.78 is 0. The molecule has 69 heavy (non-hydrogen) atoms. The summed E-state index contributed by atoms with van der Waals surface area (Å²) in [5.74, 6) is 0. The number of para-hydroxylation sites is 1. The lowest BCUT2D eigenvalue weighted by molar-refractivity contribution is 0.660. The van der Waals surface area contributed by atoms with E-state index in [-0.39, 0.29) is 5.41 Å². The third-order valence-electron chi connectivity index (χ3n) is 15.5. The van der Waals surface area contributed by atoms with E-state index in [1.54, 1.807) is 0 Å². The molecule has 0 fully saturated rings. The van der Waals surface area contributed by atoms with Crippen molar-refractivity contribution in [3.63, 3.8) is 0 Å². The molecule has 10 aromatic carbocycles. The first kappa shape index (κ1) is 41.0. The van der Waals surface area contributed by atoms with Gasteiger partial charge in [0.1, 0.15) is 0 Å². The SMILES string of the molecule is CC1(C)c2ccccc2-c2ccc(N(c3ccc(-c4ccc5c(c4)C(c4ccccc4)(c4ccc(-c6cccc7ccccc67)cc4)C4=C5CCC=C4)cc3)c3ccccc3-c3ccccc3)cc21. The van der Waals surface area contributed by atoms with E-state index in [0.29, 0.717) is 0 Å². The van der Waals surface area contributed by atoms with Crippen LogP contribution in [0.5, 0.6) is 0 Å². The summed E-state index contributed by atoms with van der Waals surface area (Å²) in [6.45, 7) is 4.73. The third-order valence-corrected chi connectivity index (χ3v) is 15.5. The zero-order chi connectivity index (χ0) is 46.1. The maximum absolute atomic E-state index is 2.50. The summed E-state index contributed by atoms with van der Waals surface area (Å²) >= 11 is 0. The zero-order valence-corrected chi connectivity index (χ0v) is 39.0. The van der Waals surface area contributed by atoms with Crippen molar-refractivity contribution in [3.05, 3.63) is 288 Å². The lowest BCUT2D eigenvalue weighted by atomic mass is 9.66. The quantitative estimate of drug-likeness (QED) is 0.147. The predicted molar refractivity (Wildman–Crippen MR) is 291 cm³/mol. The van der Waals surface area contributed by atoms with Crippen molar-refractivity contribution in [2.75, 3.05) is 4.90 Å². The average Bonchev–Trinajstić information content (AvgIpc) is 3.84. The molecule has 0 amide bonds. The Balaban J connectivity index is 0.943. The van der Waals surface area contributed by atoms with Gasteiger partial charge < -0.3 is 4.90 Å². The van der Waals surface area contributed by atoms with E-state index in [4.69, 9.17) is 0 Å². The Labute approximate surface area is 406 Å². The minimum atomic E-state index is -0.477. The fourth-order valence-electron chi connectivity index (χ4n) is 12.2. The molecule has 3 aliphatic rings. The summed E-state index contributed by atoms with van der Waals surface area (Å²) in [5, 5.41) is 2.54. The highest BCUT2D eigenvalue weighted by Crippen LogP contribution is 2.58. The molecule has 0 N–H and O–H groups in total. The second-order valence-electron chi connectivity index (χ2n) is 19.5. The number of nitrogens with zero attached hydrogens (tertiary/aromatic N) is 1. The van der Waals surface area contributed by atoms with Gasteiger partial charge in [-0.15, -0.1) is 0 Å². The van der Waals surface area contributed by atoms with Gasteiger partial charge in [0.25, 0.3) is 0 Å². The second-order valence-corrected chi connectivity index (χ2v) is 19.5. The molecule has 0 aromatic heterocycles. The Morgan fingerprint density at radius 3 is 1.81 bits per heavy atom. The van der Waals surface area contributed by atoms with Crippen LogP contribution in [0.3, 0.4) is 0 Å². The van der Waals surface area contributed by atoms with Crippen LogP contribution < -0.4 is 4.90 Å². The first-order valence-corrected chi connectivity index (χ1v) is 24.5. The summed E-state index contributed by atoms with van der Waals surface area (Å²) in [7, 11) is 0. The standard InChI is InChI=1S/C68H51N/c1-67(2)62-29-14-11-26-58(62)60-43-41-54(45-64(60)67)69(66-31-16-13-25-57(66)48-18-5-3-6-19-48)53-39-34-46(35-40-53)50-36-42-61-59-27-12-15-30-63(59)68(65(61)44-50,51-22-7-4-8-23-51)52-37-32-49(33-38-52)56-28-17-21-47-20-9-10-24-55(47)56/h3-11,13-26,28-45H,12,27H2,1-2H3. The van der Waals surface area contributed by atoms with Gasteiger partial charge in [0.05, 0.1) is 11.1 Å². The molecule has 0 saturated carbocycles. The van der Waals surface area contributed by atoms with Crippen LogP contribution in [-0.2, 0) is 10.8 Å². The fraction of sp³-hybridized carbons (Fsp3) is 0.0882. The van der Waals surface area contributed by atoms with Gasteiger partial charge in [-0.3, -0.25) is 0 Å². The van der Waals surface area contributed by atoms with Crippen molar-refractivity contribution in [3.8, 4) is 44.5 Å². The Bertz CT molecular complexity index is 3660. The minimum absolute atomic E-state index is 0.123. The molecule has 1 nitrogen and oxygen atoms in total. The monoisotopic (exact) mass is 881 g/mol. The first-order valence-electron chi connectivity index (χ1n) is 24.5. The smallest absolute Gasteiger partial charge is 0.0710 e. The normalized spacial score (nSPS) is 16.2. The molecule has 1 atom stereocenters. The Morgan fingerprint density at radius 1 is 0.391 bits per heavy atom. The van der Waals surface area contributed by atoms with Crippen molar-refractivity contribution >= 4 is 33.4 Å². The topological polar surface area (TPSA) is 3.24 Å². The Kier molecular flexibility index (Phi) is 9.63. The van der Waals surface area contributed by atoms with E-state index in [1.165, 1.54) is 99.8 Å². The van der Waals surface area contributed by atoms with Crippen LogP contribution in [0.1, 0.15) is 60.1 Å². The third kappa shape index (κ3) is 6.45. The van der Waals surface area contributed by atoms with E-state index in [9.17, 15) is 0 Å². The van der Waals surface area contributed by atoms with Gasteiger partial charge in [0, 0.05) is 22.4 Å². The van der Waals surface area contributed by atoms with Crippen molar-refractivity contribution in [2.45, 2.75) is 37.5 Å². The van der Waals surface area contributed by atoms with Gasteiger partial charge in [0.2, 0.25) is 0 Å². The molecule has 0 heterocycles. The maximum Gasteiger partial charge on any atom is 0.0710 e. The van der Waals surface area contributed by atoms with E-state index in [2.05, 4.69) is 267 Å². The van der Waals surface area contributed by atoms with Gasteiger partial charge in [-0.2, -0.15) is 0 Å². The van der Waals surface area contributed by atoms with Crippen LogP contribution in [0.2, 0.25) is 0 Å². The van der Waals surface area contributed by atoms with Crippen molar-refractivity contribution in [1.29, 1.82) is 0 Å². The van der Waals surface area contributed by atoms with Gasteiger partial charge in [-0.25, -0.2) is 0 Å². The summed E-state index contributed by atoms with van der Waals surface area (Å²) in [6.07, 6.45) is 6.89. The van der Waals surface area contributed by atoms with Crippen molar-refractivity contribution in [1.82, 2.24) is 0 Å².